The van der Waals surface area contributed by atoms with E-state index in [1.54, 1.807) is 0 Å². The van der Waals surface area contributed by atoms with Gasteiger partial charge in [-0.25, -0.2) is 4.98 Å². The highest BCUT2D eigenvalue weighted by Crippen LogP contribution is 2.14. The summed E-state index contributed by atoms with van der Waals surface area (Å²) in [6.45, 7) is 0.295. The third kappa shape index (κ3) is 1.97. The van der Waals surface area contributed by atoms with Crippen molar-refractivity contribution in [3.63, 3.8) is 0 Å². The van der Waals surface area contributed by atoms with Gasteiger partial charge >= 0.3 is 0 Å². The standard InChI is InChI=1S/C7H9N7O2/c1-16-5-6(9-3-10-7(5)15)8-2-4-11-13-14-12-4/h3H,2H2,1H3,(H2,8,9,10,15)(H,11,12,13,14). The van der Waals surface area contributed by atoms with Gasteiger partial charge in [0.15, 0.2) is 11.6 Å². The molecule has 16 heavy (non-hydrogen) atoms. The van der Waals surface area contributed by atoms with Gasteiger partial charge < -0.3 is 15.0 Å². The molecule has 2 rings (SSSR count). The highest BCUT2D eigenvalue weighted by Gasteiger charge is 2.08. The minimum absolute atomic E-state index is 0.117. The maximum Gasteiger partial charge on any atom is 0.295 e. The van der Waals surface area contributed by atoms with Crippen molar-refractivity contribution in [1.29, 1.82) is 0 Å². The third-order valence-corrected chi connectivity index (χ3v) is 1.82. The number of tetrazole rings is 1. The van der Waals surface area contributed by atoms with Gasteiger partial charge in [0, 0.05) is 0 Å². The van der Waals surface area contributed by atoms with E-state index in [0.717, 1.165) is 0 Å². The van der Waals surface area contributed by atoms with Gasteiger partial charge in [-0.2, -0.15) is 5.21 Å². The zero-order valence-electron chi connectivity index (χ0n) is 8.39. The number of methoxy groups -OCH3 is 1. The van der Waals surface area contributed by atoms with E-state index in [2.05, 4.69) is 35.9 Å². The lowest BCUT2D eigenvalue weighted by molar-refractivity contribution is 0.408. The number of aromatic amines is 2. The van der Waals surface area contributed by atoms with Crippen molar-refractivity contribution in [2.75, 3.05) is 12.4 Å². The first-order chi connectivity index (χ1) is 7.81. The predicted molar refractivity (Wildman–Crippen MR) is 52.9 cm³/mol. The van der Waals surface area contributed by atoms with Crippen molar-refractivity contribution in [1.82, 2.24) is 30.6 Å². The molecule has 0 bridgehead atoms. The Morgan fingerprint density at radius 1 is 1.56 bits per heavy atom. The number of anilines is 1. The fourth-order valence-electron chi connectivity index (χ4n) is 1.12. The van der Waals surface area contributed by atoms with Crippen molar-refractivity contribution in [2.45, 2.75) is 6.54 Å². The summed E-state index contributed by atoms with van der Waals surface area (Å²) in [4.78, 5) is 17.7. The topological polar surface area (TPSA) is 121 Å². The van der Waals surface area contributed by atoms with Crippen LogP contribution in [-0.2, 0) is 6.54 Å². The maximum absolute atomic E-state index is 11.3. The van der Waals surface area contributed by atoms with Gasteiger partial charge in [0.05, 0.1) is 20.0 Å². The molecule has 2 aromatic rings. The van der Waals surface area contributed by atoms with Gasteiger partial charge in [-0.1, -0.05) is 5.21 Å². The van der Waals surface area contributed by atoms with Crippen LogP contribution in [0.15, 0.2) is 11.1 Å². The van der Waals surface area contributed by atoms with Gasteiger partial charge in [-0.3, -0.25) is 4.79 Å². The summed E-state index contributed by atoms with van der Waals surface area (Å²) in [6, 6.07) is 0. The molecule has 0 aliphatic rings. The summed E-state index contributed by atoms with van der Waals surface area (Å²) < 4.78 is 4.91. The second kappa shape index (κ2) is 4.38. The highest BCUT2D eigenvalue weighted by atomic mass is 16.5. The maximum atomic E-state index is 11.3. The zero-order chi connectivity index (χ0) is 11.4. The summed E-state index contributed by atoms with van der Waals surface area (Å²) in [5.41, 5.74) is -0.354. The number of H-pyrrole nitrogens is 2. The summed E-state index contributed by atoms with van der Waals surface area (Å²) in [6.07, 6.45) is 1.28. The average Bonchev–Trinajstić information content (AvgIpc) is 2.79. The van der Waals surface area contributed by atoms with Crippen LogP contribution in [0.25, 0.3) is 0 Å². The van der Waals surface area contributed by atoms with Crippen LogP contribution in [0.3, 0.4) is 0 Å². The van der Waals surface area contributed by atoms with E-state index < -0.39 is 0 Å². The van der Waals surface area contributed by atoms with E-state index in [1.165, 1.54) is 13.4 Å². The molecule has 2 heterocycles. The molecular formula is C7H9N7O2. The van der Waals surface area contributed by atoms with E-state index in [9.17, 15) is 4.79 Å². The molecule has 9 nitrogen and oxygen atoms in total. The molecule has 2 aromatic heterocycles. The van der Waals surface area contributed by atoms with Gasteiger partial charge in [-0.05, 0) is 0 Å². The minimum Gasteiger partial charge on any atom is -0.489 e. The lowest BCUT2D eigenvalue weighted by Gasteiger charge is -2.06. The first-order valence-electron chi connectivity index (χ1n) is 4.39. The van der Waals surface area contributed by atoms with Crippen LogP contribution in [0.2, 0.25) is 0 Å². The second-order valence-corrected chi connectivity index (χ2v) is 2.80. The molecule has 0 fully saturated rings. The van der Waals surface area contributed by atoms with Crippen LogP contribution in [0, 0.1) is 0 Å². The van der Waals surface area contributed by atoms with Gasteiger partial charge in [0.25, 0.3) is 5.56 Å². The minimum atomic E-state index is -0.354. The average molecular weight is 223 g/mol. The molecular weight excluding hydrogens is 214 g/mol. The Labute approximate surface area is 89.3 Å². The molecule has 0 spiro atoms. The molecule has 0 radical (unpaired) electrons. The second-order valence-electron chi connectivity index (χ2n) is 2.80. The Bertz CT molecular complexity index is 506. The quantitative estimate of drug-likeness (QED) is 0.601. The first-order valence-corrected chi connectivity index (χ1v) is 4.39. The third-order valence-electron chi connectivity index (χ3n) is 1.82. The fraction of sp³-hybridized carbons (Fsp3) is 0.286. The summed E-state index contributed by atoms with van der Waals surface area (Å²) >= 11 is 0. The highest BCUT2D eigenvalue weighted by molar-refractivity contribution is 5.47. The van der Waals surface area contributed by atoms with E-state index >= 15 is 0 Å². The summed E-state index contributed by atoms with van der Waals surface area (Å²) in [5.74, 6) is 0.908. The number of aromatic nitrogens is 6. The number of rotatable bonds is 4. The van der Waals surface area contributed by atoms with E-state index in [1.807, 2.05) is 0 Å². The van der Waals surface area contributed by atoms with E-state index in [-0.39, 0.29) is 11.3 Å². The van der Waals surface area contributed by atoms with Crippen molar-refractivity contribution in [3.8, 4) is 5.75 Å². The number of nitrogens with zero attached hydrogens (tertiary/aromatic N) is 4. The first kappa shape index (κ1) is 10.1. The van der Waals surface area contributed by atoms with E-state index in [0.29, 0.717) is 18.2 Å². The smallest absolute Gasteiger partial charge is 0.295 e. The largest absolute Gasteiger partial charge is 0.489 e. The summed E-state index contributed by atoms with van der Waals surface area (Å²) in [7, 11) is 1.39. The number of ether oxygens (including phenoxy) is 1. The molecule has 0 amide bonds. The zero-order valence-corrected chi connectivity index (χ0v) is 8.39. The van der Waals surface area contributed by atoms with E-state index in [4.69, 9.17) is 4.74 Å². The molecule has 84 valence electrons. The molecule has 3 N–H and O–H groups in total. The normalized spacial score (nSPS) is 10.1. The summed E-state index contributed by atoms with van der Waals surface area (Å²) in [5, 5.41) is 16.1. The molecule has 0 aromatic carbocycles. The SMILES string of the molecule is COc1c(NCc2nn[nH]n2)nc[nH]c1=O. The van der Waals surface area contributed by atoms with Crippen molar-refractivity contribution >= 4 is 5.82 Å². The van der Waals surface area contributed by atoms with Crippen molar-refractivity contribution in [3.05, 3.63) is 22.5 Å². The number of nitrogens with one attached hydrogen (secondary N) is 3. The lowest BCUT2D eigenvalue weighted by atomic mass is 10.5. The van der Waals surface area contributed by atoms with Crippen LogP contribution in [0.5, 0.6) is 5.75 Å². The lowest BCUT2D eigenvalue weighted by Crippen LogP contribution is -2.14. The molecule has 0 aliphatic heterocycles. The van der Waals surface area contributed by atoms with Crippen molar-refractivity contribution < 1.29 is 4.74 Å². The molecule has 0 atom stereocenters. The van der Waals surface area contributed by atoms with Crippen LogP contribution < -0.4 is 15.6 Å². The Hall–Kier alpha value is -2.45. The Morgan fingerprint density at radius 2 is 2.44 bits per heavy atom. The Morgan fingerprint density at radius 3 is 3.12 bits per heavy atom. The molecule has 0 aliphatic carbocycles. The molecule has 9 heteroatoms. The number of hydrogen-bond acceptors (Lipinski definition) is 7. The molecule has 0 saturated heterocycles. The fourth-order valence-corrected chi connectivity index (χ4v) is 1.12. The Kier molecular flexibility index (Phi) is 2.76. The van der Waals surface area contributed by atoms with Gasteiger partial charge in [0.1, 0.15) is 0 Å². The number of hydrogen-bond donors (Lipinski definition) is 3. The van der Waals surface area contributed by atoms with Crippen molar-refractivity contribution in [2.24, 2.45) is 0 Å². The Balaban J connectivity index is 2.15. The van der Waals surface area contributed by atoms with Crippen LogP contribution in [-0.4, -0.2) is 37.7 Å². The van der Waals surface area contributed by atoms with Gasteiger partial charge in [-0.15, -0.1) is 10.2 Å². The predicted octanol–water partition coefficient (Wildman–Crippen LogP) is -1.10. The van der Waals surface area contributed by atoms with Gasteiger partial charge in [0.2, 0.25) is 5.75 Å². The van der Waals surface area contributed by atoms with Crippen LogP contribution in [0.1, 0.15) is 5.82 Å². The monoisotopic (exact) mass is 223 g/mol. The molecule has 0 saturated carbocycles. The van der Waals surface area contributed by atoms with Crippen LogP contribution >= 0.6 is 0 Å². The molecule has 0 unspecified atom stereocenters. The van der Waals surface area contributed by atoms with Crippen LogP contribution in [0.4, 0.5) is 5.82 Å².